The molecule has 0 fully saturated rings. The molecule has 0 aliphatic rings. The summed E-state index contributed by atoms with van der Waals surface area (Å²) >= 11 is 3.19. The fourth-order valence-electron chi connectivity index (χ4n) is 2.44. The van der Waals surface area contributed by atoms with E-state index < -0.39 is 0 Å². The summed E-state index contributed by atoms with van der Waals surface area (Å²) in [5.41, 5.74) is 3.32. The van der Waals surface area contributed by atoms with Gasteiger partial charge in [-0.25, -0.2) is 4.98 Å². The Kier molecular flexibility index (Phi) is 7.30. The highest BCUT2D eigenvalue weighted by Crippen LogP contribution is 2.24. The van der Waals surface area contributed by atoms with E-state index in [-0.39, 0.29) is 5.97 Å². The minimum absolute atomic E-state index is 0.203. The molecule has 27 heavy (non-hydrogen) atoms. The summed E-state index contributed by atoms with van der Waals surface area (Å²) in [5.74, 6) is 1.74. The maximum absolute atomic E-state index is 11.2. The molecule has 3 aromatic rings. The molecule has 0 radical (unpaired) electrons. The molecule has 0 N–H and O–H groups in total. The average Bonchev–Trinajstić information content (AvgIpc) is 3.18. The van der Waals surface area contributed by atoms with Gasteiger partial charge in [-0.2, -0.15) is 0 Å². The summed E-state index contributed by atoms with van der Waals surface area (Å²) in [6, 6.07) is 18.2. The van der Waals surface area contributed by atoms with Crippen molar-refractivity contribution in [3.8, 4) is 16.3 Å². The molecule has 0 saturated carbocycles. The van der Waals surface area contributed by atoms with Gasteiger partial charge >= 0.3 is 5.97 Å². The van der Waals surface area contributed by atoms with E-state index in [1.54, 1.807) is 11.3 Å². The lowest BCUT2D eigenvalue weighted by atomic mass is 10.2. The summed E-state index contributed by atoms with van der Waals surface area (Å²) < 4.78 is 10.5. The minimum atomic E-state index is -0.203. The topological polar surface area (TPSA) is 48.4 Å². The van der Waals surface area contributed by atoms with E-state index in [2.05, 4.69) is 27.2 Å². The van der Waals surface area contributed by atoms with Crippen molar-refractivity contribution in [2.75, 3.05) is 19.5 Å². The third-order valence-corrected chi connectivity index (χ3v) is 5.73. The number of hydrogen-bond donors (Lipinski definition) is 0. The molecule has 6 heteroatoms. The van der Waals surface area contributed by atoms with Crippen LogP contribution >= 0.6 is 23.1 Å². The number of thiazole rings is 1. The SMILES string of the molecule is COC(=O)CSCc1cccc(OCCc2csc(-c3ccccc3)n2)c1. The Hall–Kier alpha value is -2.31. The van der Waals surface area contributed by atoms with Crippen LogP contribution in [0.5, 0.6) is 5.75 Å². The first-order valence-electron chi connectivity index (χ1n) is 8.61. The van der Waals surface area contributed by atoms with Gasteiger partial charge in [-0.3, -0.25) is 4.79 Å². The third-order valence-electron chi connectivity index (χ3n) is 3.81. The molecule has 140 valence electrons. The third kappa shape index (κ3) is 6.12. The molecule has 0 unspecified atom stereocenters. The number of thioether (sulfide) groups is 1. The van der Waals surface area contributed by atoms with Crippen LogP contribution in [0.3, 0.4) is 0 Å². The molecule has 0 atom stereocenters. The fourth-order valence-corrected chi connectivity index (χ4v) is 4.11. The summed E-state index contributed by atoms with van der Waals surface area (Å²) in [6.07, 6.45) is 0.769. The maximum Gasteiger partial charge on any atom is 0.315 e. The van der Waals surface area contributed by atoms with Crippen molar-refractivity contribution in [2.45, 2.75) is 12.2 Å². The zero-order valence-electron chi connectivity index (χ0n) is 15.1. The number of nitrogens with zero attached hydrogens (tertiary/aromatic N) is 1. The predicted molar refractivity (Wildman–Crippen MR) is 111 cm³/mol. The van der Waals surface area contributed by atoms with Crippen molar-refractivity contribution in [1.29, 1.82) is 0 Å². The van der Waals surface area contributed by atoms with Gasteiger partial charge in [-0.05, 0) is 17.7 Å². The molecule has 2 aromatic carbocycles. The number of ether oxygens (including phenoxy) is 2. The lowest BCUT2D eigenvalue weighted by Gasteiger charge is -2.07. The number of hydrogen-bond acceptors (Lipinski definition) is 6. The molecule has 3 rings (SSSR count). The van der Waals surface area contributed by atoms with Crippen LogP contribution in [0.4, 0.5) is 0 Å². The summed E-state index contributed by atoms with van der Waals surface area (Å²) in [4.78, 5) is 15.9. The molecule has 0 bridgehead atoms. The van der Waals surface area contributed by atoms with Crippen LogP contribution in [0.2, 0.25) is 0 Å². The van der Waals surface area contributed by atoms with Crippen molar-refractivity contribution >= 4 is 29.1 Å². The van der Waals surface area contributed by atoms with Gasteiger partial charge in [0.05, 0.1) is 25.2 Å². The lowest BCUT2D eigenvalue weighted by molar-refractivity contribution is -0.137. The first-order valence-corrected chi connectivity index (χ1v) is 10.6. The van der Waals surface area contributed by atoms with Crippen molar-refractivity contribution in [3.63, 3.8) is 0 Å². The molecule has 0 aliphatic heterocycles. The molecular formula is C21H21NO3S2. The monoisotopic (exact) mass is 399 g/mol. The van der Waals surface area contributed by atoms with E-state index in [4.69, 9.17) is 4.74 Å². The quantitative estimate of drug-likeness (QED) is 0.482. The van der Waals surface area contributed by atoms with E-state index in [0.717, 1.165) is 39.8 Å². The molecule has 4 nitrogen and oxygen atoms in total. The van der Waals surface area contributed by atoms with Gasteiger partial charge in [0.15, 0.2) is 0 Å². The van der Waals surface area contributed by atoms with Gasteiger partial charge in [-0.1, -0.05) is 42.5 Å². The number of esters is 1. The first kappa shape index (κ1) is 19.5. The smallest absolute Gasteiger partial charge is 0.315 e. The Bertz CT molecular complexity index is 865. The van der Waals surface area contributed by atoms with E-state index in [1.165, 1.54) is 18.9 Å². The highest BCUT2D eigenvalue weighted by Gasteiger charge is 2.05. The summed E-state index contributed by atoms with van der Waals surface area (Å²) in [7, 11) is 1.41. The van der Waals surface area contributed by atoms with Gasteiger partial charge < -0.3 is 9.47 Å². The minimum Gasteiger partial charge on any atom is -0.493 e. The van der Waals surface area contributed by atoms with Crippen LogP contribution in [0, 0.1) is 0 Å². The standard InChI is InChI=1S/C21H21NO3S2/c1-24-20(23)15-26-13-16-6-5-9-19(12-16)25-11-10-18-14-27-21(22-18)17-7-3-2-4-8-17/h2-9,12,14H,10-11,13,15H2,1H3. The van der Waals surface area contributed by atoms with Crippen LogP contribution < -0.4 is 4.74 Å². The summed E-state index contributed by atoms with van der Waals surface area (Å²) in [6.45, 7) is 0.580. The van der Waals surface area contributed by atoms with Gasteiger partial charge in [0.25, 0.3) is 0 Å². The van der Waals surface area contributed by atoms with Crippen LogP contribution in [0.1, 0.15) is 11.3 Å². The van der Waals surface area contributed by atoms with Crippen molar-refractivity contribution in [3.05, 3.63) is 71.2 Å². The van der Waals surface area contributed by atoms with Crippen LogP contribution in [0.15, 0.2) is 60.0 Å². The number of rotatable bonds is 9. The molecule has 0 aliphatic carbocycles. The lowest BCUT2D eigenvalue weighted by Crippen LogP contribution is -2.03. The zero-order chi connectivity index (χ0) is 18.9. The Labute approximate surface area is 167 Å². The normalized spacial score (nSPS) is 10.6. The van der Waals surface area contributed by atoms with E-state index >= 15 is 0 Å². The molecule has 1 aromatic heterocycles. The highest BCUT2D eigenvalue weighted by atomic mass is 32.2. The highest BCUT2D eigenvalue weighted by molar-refractivity contribution is 7.99. The van der Waals surface area contributed by atoms with Crippen molar-refractivity contribution in [1.82, 2.24) is 4.98 Å². The molecule has 0 saturated heterocycles. The second kappa shape index (κ2) is 10.1. The Morgan fingerprint density at radius 1 is 1.15 bits per heavy atom. The van der Waals surface area contributed by atoms with E-state index in [0.29, 0.717) is 12.4 Å². The second-order valence-electron chi connectivity index (χ2n) is 5.82. The van der Waals surface area contributed by atoms with Gasteiger partial charge in [0.1, 0.15) is 10.8 Å². The number of carbonyl (C=O) groups excluding carboxylic acids is 1. The predicted octanol–water partition coefficient (Wildman–Crippen LogP) is 4.84. The molecular weight excluding hydrogens is 378 g/mol. The summed E-state index contributed by atoms with van der Waals surface area (Å²) in [5, 5.41) is 3.13. The average molecular weight is 400 g/mol. The second-order valence-corrected chi connectivity index (χ2v) is 7.67. The van der Waals surface area contributed by atoms with E-state index in [9.17, 15) is 4.79 Å². The zero-order valence-corrected chi connectivity index (χ0v) is 16.7. The molecule has 0 amide bonds. The van der Waals surface area contributed by atoms with E-state index in [1.807, 2.05) is 42.5 Å². The van der Waals surface area contributed by atoms with Gasteiger partial charge in [0, 0.05) is 23.1 Å². The molecule has 0 spiro atoms. The first-order chi connectivity index (χ1) is 13.2. The fraction of sp³-hybridized carbons (Fsp3) is 0.238. The Balaban J connectivity index is 1.47. The maximum atomic E-state index is 11.2. The Morgan fingerprint density at radius 2 is 2.00 bits per heavy atom. The number of carbonyl (C=O) groups is 1. The number of methoxy groups -OCH3 is 1. The van der Waals surface area contributed by atoms with Crippen LogP contribution in [-0.4, -0.2) is 30.4 Å². The Morgan fingerprint density at radius 3 is 2.81 bits per heavy atom. The van der Waals surface area contributed by atoms with Crippen molar-refractivity contribution < 1.29 is 14.3 Å². The van der Waals surface area contributed by atoms with Gasteiger partial charge in [0.2, 0.25) is 0 Å². The van der Waals surface area contributed by atoms with Crippen LogP contribution in [-0.2, 0) is 21.7 Å². The molecule has 1 heterocycles. The number of benzene rings is 2. The number of aromatic nitrogens is 1. The van der Waals surface area contributed by atoms with Crippen LogP contribution in [0.25, 0.3) is 10.6 Å². The largest absolute Gasteiger partial charge is 0.493 e. The van der Waals surface area contributed by atoms with Gasteiger partial charge in [-0.15, -0.1) is 23.1 Å². The van der Waals surface area contributed by atoms with Crippen molar-refractivity contribution in [2.24, 2.45) is 0 Å².